The summed E-state index contributed by atoms with van der Waals surface area (Å²) in [5.41, 5.74) is 5.83. The monoisotopic (exact) mass is 379 g/mol. The van der Waals surface area contributed by atoms with Crippen molar-refractivity contribution in [1.29, 1.82) is 0 Å². The lowest BCUT2D eigenvalue weighted by atomic mass is 9.80. The fraction of sp³-hybridized carbons (Fsp3) is 0.435. The van der Waals surface area contributed by atoms with Crippen molar-refractivity contribution in [1.82, 2.24) is 14.5 Å². The van der Waals surface area contributed by atoms with Crippen LogP contribution in [-0.2, 0) is 13.0 Å². The first-order valence-corrected chi connectivity index (χ1v) is 10.5. The summed E-state index contributed by atoms with van der Waals surface area (Å²) in [6.07, 6.45) is 10.2. The quantitative estimate of drug-likeness (QED) is 0.579. The van der Waals surface area contributed by atoms with E-state index in [1.165, 1.54) is 53.4 Å². The normalized spacial score (nSPS) is 23.5. The third-order valence-corrected chi connectivity index (χ3v) is 6.77. The van der Waals surface area contributed by atoms with Gasteiger partial charge in [0, 0.05) is 65.5 Å². The molecule has 0 saturated heterocycles. The van der Waals surface area contributed by atoms with Crippen LogP contribution in [-0.4, -0.2) is 28.0 Å². The zero-order valence-corrected chi connectivity index (χ0v) is 16.6. The molecule has 3 nitrogen and oxygen atoms in total. The minimum Gasteiger partial charge on any atom is -0.341 e. The van der Waals surface area contributed by atoms with E-state index in [9.17, 15) is 0 Å². The van der Waals surface area contributed by atoms with Gasteiger partial charge < -0.3 is 9.47 Å². The Labute approximate surface area is 166 Å². The Morgan fingerprint density at radius 3 is 2.74 bits per heavy atom. The van der Waals surface area contributed by atoms with Crippen LogP contribution in [0, 0.1) is 0 Å². The summed E-state index contributed by atoms with van der Waals surface area (Å²) in [7, 11) is 2.22. The van der Waals surface area contributed by atoms with Crippen molar-refractivity contribution in [2.75, 3.05) is 13.6 Å². The minimum atomic E-state index is 0.525. The number of benzene rings is 1. The van der Waals surface area contributed by atoms with Crippen molar-refractivity contribution < 1.29 is 0 Å². The van der Waals surface area contributed by atoms with Crippen molar-refractivity contribution in [3.63, 3.8) is 0 Å². The number of nitrogens with zero attached hydrogens (tertiary/aromatic N) is 3. The van der Waals surface area contributed by atoms with E-state index in [4.69, 9.17) is 11.6 Å². The molecule has 0 bridgehead atoms. The van der Waals surface area contributed by atoms with Crippen LogP contribution in [0.2, 0.25) is 5.02 Å². The Hall–Kier alpha value is -1.84. The Morgan fingerprint density at radius 2 is 1.89 bits per heavy atom. The summed E-state index contributed by atoms with van der Waals surface area (Å²) < 4.78 is 2.69. The molecule has 0 spiro atoms. The lowest BCUT2D eigenvalue weighted by Gasteiger charge is -2.36. The number of pyridine rings is 1. The van der Waals surface area contributed by atoms with Crippen LogP contribution in [0.25, 0.3) is 10.9 Å². The van der Waals surface area contributed by atoms with Gasteiger partial charge in [0.05, 0.1) is 0 Å². The van der Waals surface area contributed by atoms with Gasteiger partial charge in [-0.05, 0) is 61.3 Å². The Morgan fingerprint density at radius 1 is 1.07 bits per heavy atom. The van der Waals surface area contributed by atoms with Crippen molar-refractivity contribution in [3.8, 4) is 0 Å². The van der Waals surface area contributed by atoms with Gasteiger partial charge in [-0.2, -0.15) is 0 Å². The minimum absolute atomic E-state index is 0.525. The summed E-state index contributed by atoms with van der Waals surface area (Å²) >= 11 is 6.39. The van der Waals surface area contributed by atoms with E-state index in [0.717, 1.165) is 24.5 Å². The molecule has 1 aliphatic carbocycles. The SMILES string of the molecule is CN1CCc2c(c3cc(Cl)ccc3n2C2CCCCC2c2ccncc2)C1. The third kappa shape index (κ3) is 2.97. The summed E-state index contributed by atoms with van der Waals surface area (Å²) in [6, 6.07) is 11.4. The molecule has 2 atom stereocenters. The zero-order chi connectivity index (χ0) is 18.4. The van der Waals surface area contributed by atoms with Gasteiger partial charge in [-0.25, -0.2) is 0 Å². The largest absolute Gasteiger partial charge is 0.341 e. The number of rotatable bonds is 2. The molecule has 27 heavy (non-hydrogen) atoms. The number of fused-ring (bicyclic) bond motifs is 3. The maximum atomic E-state index is 6.39. The van der Waals surface area contributed by atoms with Crippen LogP contribution in [0.1, 0.15) is 54.5 Å². The molecule has 5 rings (SSSR count). The highest BCUT2D eigenvalue weighted by atomic mass is 35.5. The molecule has 0 N–H and O–H groups in total. The van der Waals surface area contributed by atoms with Crippen LogP contribution in [0.3, 0.4) is 0 Å². The lowest BCUT2D eigenvalue weighted by Crippen LogP contribution is -2.30. The number of hydrogen-bond acceptors (Lipinski definition) is 2. The van der Waals surface area contributed by atoms with Crippen molar-refractivity contribution in [2.24, 2.45) is 0 Å². The van der Waals surface area contributed by atoms with Gasteiger partial charge in [0.1, 0.15) is 0 Å². The molecule has 0 amide bonds. The van der Waals surface area contributed by atoms with Crippen LogP contribution < -0.4 is 0 Å². The van der Waals surface area contributed by atoms with Crippen LogP contribution in [0.4, 0.5) is 0 Å². The first kappa shape index (κ1) is 17.3. The standard InChI is InChI=1S/C23H26ClN3/c1-26-13-10-23-20(15-26)19-14-17(24)6-7-22(19)27(23)21-5-3-2-4-18(21)16-8-11-25-12-9-16/h6-9,11-12,14,18,21H,2-5,10,13,15H2,1H3. The summed E-state index contributed by atoms with van der Waals surface area (Å²) in [6.45, 7) is 2.15. The van der Waals surface area contributed by atoms with Gasteiger partial charge in [-0.1, -0.05) is 24.4 Å². The van der Waals surface area contributed by atoms with Gasteiger partial charge in [-0.15, -0.1) is 0 Å². The molecule has 1 fully saturated rings. The molecule has 3 aromatic rings. The first-order valence-electron chi connectivity index (χ1n) is 10.1. The molecule has 3 heterocycles. The van der Waals surface area contributed by atoms with Gasteiger partial charge >= 0.3 is 0 Å². The fourth-order valence-electron chi connectivity index (χ4n) is 5.30. The Bertz CT molecular complexity index is 963. The van der Waals surface area contributed by atoms with E-state index in [1.54, 1.807) is 0 Å². The van der Waals surface area contributed by atoms with E-state index in [0.29, 0.717) is 12.0 Å². The summed E-state index contributed by atoms with van der Waals surface area (Å²) in [4.78, 5) is 6.66. The van der Waals surface area contributed by atoms with E-state index < -0.39 is 0 Å². The first-order chi connectivity index (χ1) is 13.2. The maximum absolute atomic E-state index is 6.39. The lowest BCUT2D eigenvalue weighted by molar-refractivity contribution is 0.281. The van der Waals surface area contributed by atoms with Gasteiger partial charge in [0.25, 0.3) is 0 Å². The maximum Gasteiger partial charge on any atom is 0.0489 e. The van der Waals surface area contributed by atoms with Gasteiger partial charge in [0.15, 0.2) is 0 Å². The zero-order valence-electron chi connectivity index (χ0n) is 15.9. The predicted molar refractivity (Wildman–Crippen MR) is 111 cm³/mol. The highest BCUT2D eigenvalue weighted by Gasteiger charge is 2.33. The molecule has 1 saturated carbocycles. The van der Waals surface area contributed by atoms with E-state index in [2.05, 4.69) is 51.8 Å². The predicted octanol–water partition coefficient (Wildman–Crippen LogP) is 5.58. The second-order valence-electron chi connectivity index (χ2n) is 8.18. The van der Waals surface area contributed by atoms with Gasteiger partial charge in [0.2, 0.25) is 0 Å². The number of halogens is 1. The Balaban J connectivity index is 1.69. The smallest absolute Gasteiger partial charge is 0.0489 e. The number of likely N-dealkylation sites (N-methyl/N-ethyl adjacent to an activating group) is 1. The van der Waals surface area contributed by atoms with Crippen LogP contribution >= 0.6 is 11.6 Å². The average Bonchev–Trinajstić information content (AvgIpc) is 3.01. The highest BCUT2D eigenvalue weighted by molar-refractivity contribution is 6.31. The molecule has 2 unspecified atom stereocenters. The van der Waals surface area contributed by atoms with Crippen molar-refractivity contribution >= 4 is 22.5 Å². The van der Waals surface area contributed by atoms with Crippen molar-refractivity contribution in [2.45, 2.75) is 50.6 Å². The number of aromatic nitrogens is 2. The van der Waals surface area contributed by atoms with E-state index >= 15 is 0 Å². The summed E-state index contributed by atoms with van der Waals surface area (Å²) in [5.74, 6) is 0.566. The topological polar surface area (TPSA) is 21.1 Å². The average molecular weight is 380 g/mol. The second-order valence-corrected chi connectivity index (χ2v) is 8.62. The molecule has 0 radical (unpaired) electrons. The molecule has 140 valence electrons. The van der Waals surface area contributed by atoms with E-state index in [-0.39, 0.29) is 0 Å². The summed E-state index contributed by atoms with van der Waals surface area (Å²) in [5, 5.41) is 2.19. The van der Waals surface area contributed by atoms with Crippen LogP contribution in [0.15, 0.2) is 42.7 Å². The number of hydrogen-bond donors (Lipinski definition) is 0. The molecule has 2 aliphatic rings. The highest BCUT2D eigenvalue weighted by Crippen LogP contribution is 2.45. The molecule has 1 aromatic carbocycles. The molecule has 2 aromatic heterocycles. The molecule has 1 aliphatic heterocycles. The Kier molecular flexibility index (Phi) is 4.45. The fourth-order valence-corrected chi connectivity index (χ4v) is 5.47. The molecule has 4 heteroatoms. The molecular weight excluding hydrogens is 354 g/mol. The van der Waals surface area contributed by atoms with Crippen molar-refractivity contribution in [3.05, 3.63) is 64.6 Å². The third-order valence-electron chi connectivity index (χ3n) is 6.54. The van der Waals surface area contributed by atoms with Crippen LogP contribution in [0.5, 0.6) is 0 Å². The van der Waals surface area contributed by atoms with Gasteiger partial charge in [-0.3, -0.25) is 4.98 Å². The molecular formula is C23H26ClN3. The van der Waals surface area contributed by atoms with E-state index in [1.807, 2.05) is 12.4 Å². The second kappa shape index (κ2) is 6.96.